The standard InChI is InChI=1S/C19H25F3N2O2/c1-14-4-3-5-16(10-14)11-23-12-18(13-23)6-8-24(9-7-18)17(25)26-15(2)19(20,21)22/h3-5,10,15H,6-9,11-13H2,1-2H3. The second-order valence-electron chi connectivity index (χ2n) is 7.69. The van der Waals surface area contributed by atoms with Crippen LogP contribution >= 0.6 is 0 Å². The van der Waals surface area contributed by atoms with Gasteiger partial charge in [-0.15, -0.1) is 0 Å². The Morgan fingerprint density at radius 3 is 2.50 bits per heavy atom. The van der Waals surface area contributed by atoms with Gasteiger partial charge in [0.15, 0.2) is 6.10 Å². The molecule has 144 valence electrons. The van der Waals surface area contributed by atoms with Crippen LogP contribution in [0.2, 0.25) is 0 Å². The Morgan fingerprint density at radius 1 is 1.27 bits per heavy atom. The lowest BCUT2D eigenvalue weighted by Crippen LogP contribution is -2.60. The summed E-state index contributed by atoms with van der Waals surface area (Å²) in [6.07, 6.45) is -5.82. The van der Waals surface area contributed by atoms with Crippen molar-refractivity contribution in [2.24, 2.45) is 5.41 Å². The van der Waals surface area contributed by atoms with Crippen molar-refractivity contribution in [3.05, 3.63) is 35.4 Å². The molecule has 7 heteroatoms. The molecule has 0 bridgehead atoms. The van der Waals surface area contributed by atoms with Crippen LogP contribution in [-0.2, 0) is 11.3 Å². The highest BCUT2D eigenvalue weighted by molar-refractivity contribution is 5.68. The van der Waals surface area contributed by atoms with Crippen molar-refractivity contribution >= 4 is 6.09 Å². The third-order valence-electron chi connectivity index (χ3n) is 5.43. The number of benzene rings is 1. The summed E-state index contributed by atoms with van der Waals surface area (Å²) < 4.78 is 42.1. The third kappa shape index (κ3) is 4.31. The summed E-state index contributed by atoms with van der Waals surface area (Å²) >= 11 is 0. The lowest BCUT2D eigenvalue weighted by molar-refractivity contribution is -0.200. The minimum Gasteiger partial charge on any atom is -0.437 e. The second-order valence-corrected chi connectivity index (χ2v) is 7.69. The molecule has 2 aliphatic heterocycles. The summed E-state index contributed by atoms with van der Waals surface area (Å²) in [5.74, 6) is 0. The second kappa shape index (κ2) is 7.10. The number of alkyl halides is 3. The summed E-state index contributed by atoms with van der Waals surface area (Å²) in [6, 6.07) is 8.45. The van der Waals surface area contributed by atoms with E-state index in [4.69, 9.17) is 0 Å². The first-order valence-corrected chi connectivity index (χ1v) is 8.97. The summed E-state index contributed by atoms with van der Waals surface area (Å²) in [5.41, 5.74) is 2.73. The highest BCUT2D eigenvalue weighted by Crippen LogP contribution is 2.41. The number of piperidine rings is 1. The first-order valence-electron chi connectivity index (χ1n) is 8.97. The number of hydrogen-bond acceptors (Lipinski definition) is 3. The molecule has 1 aromatic rings. The fraction of sp³-hybridized carbons (Fsp3) is 0.632. The zero-order chi connectivity index (χ0) is 18.9. The van der Waals surface area contributed by atoms with E-state index in [1.807, 2.05) is 0 Å². The Kier molecular flexibility index (Phi) is 5.19. The molecule has 2 saturated heterocycles. The van der Waals surface area contributed by atoms with Crippen LogP contribution in [-0.4, -0.2) is 54.4 Å². The van der Waals surface area contributed by atoms with Gasteiger partial charge >= 0.3 is 12.3 Å². The molecule has 2 heterocycles. The van der Waals surface area contributed by atoms with Crippen molar-refractivity contribution in [1.82, 2.24) is 9.80 Å². The smallest absolute Gasteiger partial charge is 0.425 e. The van der Waals surface area contributed by atoms with Gasteiger partial charge in [0.05, 0.1) is 0 Å². The van der Waals surface area contributed by atoms with E-state index in [0.29, 0.717) is 13.1 Å². The number of amides is 1. The number of rotatable bonds is 3. The minimum atomic E-state index is -4.52. The van der Waals surface area contributed by atoms with Gasteiger partial charge in [-0.05, 0) is 37.7 Å². The van der Waals surface area contributed by atoms with E-state index in [0.717, 1.165) is 39.4 Å². The predicted octanol–water partition coefficient (Wildman–Crippen LogP) is 3.98. The maximum Gasteiger partial charge on any atom is 0.425 e. The number of ether oxygens (including phenoxy) is 1. The average molecular weight is 370 g/mol. The normalized spacial score (nSPS) is 21.3. The zero-order valence-corrected chi connectivity index (χ0v) is 15.2. The monoisotopic (exact) mass is 370 g/mol. The first kappa shape index (κ1) is 19.0. The van der Waals surface area contributed by atoms with Gasteiger partial charge in [0.1, 0.15) is 0 Å². The van der Waals surface area contributed by atoms with Crippen LogP contribution in [0.15, 0.2) is 24.3 Å². The molecule has 2 fully saturated rings. The molecule has 26 heavy (non-hydrogen) atoms. The molecule has 1 aromatic carbocycles. The Balaban J connectivity index is 1.44. The number of halogens is 3. The van der Waals surface area contributed by atoms with E-state index in [1.165, 1.54) is 16.0 Å². The summed E-state index contributed by atoms with van der Waals surface area (Å²) in [7, 11) is 0. The molecule has 1 atom stereocenters. The zero-order valence-electron chi connectivity index (χ0n) is 15.2. The summed E-state index contributed by atoms with van der Waals surface area (Å²) in [4.78, 5) is 15.7. The number of nitrogens with zero attached hydrogens (tertiary/aromatic N) is 2. The van der Waals surface area contributed by atoms with Gasteiger partial charge < -0.3 is 9.64 Å². The number of aryl methyl sites for hydroxylation is 1. The molecule has 0 N–H and O–H groups in total. The van der Waals surface area contributed by atoms with Crippen molar-refractivity contribution in [3.8, 4) is 0 Å². The van der Waals surface area contributed by atoms with Gasteiger partial charge in [0, 0.05) is 32.7 Å². The van der Waals surface area contributed by atoms with Crippen LogP contribution in [0.1, 0.15) is 30.9 Å². The van der Waals surface area contributed by atoms with Crippen LogP contribution in [0.4, 0.5) is 18.0 Å². The van der Waals surface area contributed by atoms with Crippen molar-refractivity contribution in [3.63, 3.8) is 0 Å². The van der Waals surface area contributed by atoms with Crippen LogP contribution in [0, 0.1) is 12.3 Å². The van der Waals surface area contributed by atoms with E-state index in [2.05, 4.69) is 40.8 Å². The van der Waals surface area contributed by atoms with Crippen LogP contribution < -0.4 is 0 Å². The fourth-order valence-electron chi connectivity index (χ4n) is 3.86. The SMILES string of the molecule is Cc1cccc(CN2CC3(CCN(C(=O)OC(C)C(F)(F)F)CC3)C2)c1. The predicted molar refractivity (Wildman–Crippen MR) is 91.7 cm³/mol. The van der Waals surface area contributed by atoms with Gasteiger partial charge in [0.25, 0.3) is 0 Å². The lowest BCUT2D eigenvalue weighted by Gasteiger charge is -2.54. The summed E-state index contributed by atoms with van der Waals surface area (Å²) in [5, 5.41) is 0. The first-order chi connectivity index (χ1) is 12.2. The molecule has 4 nitrogen and oxygen atoms in total. The van der Waals surface area contributed by atoms with Crippen molar-refractivity contribution in [1.29, 1.82) is 0 Å². The van der Waals surface area contributed by atoms with Gasteiger partial charge in [-0.2, -0.15) is 13.2 Å². The molecule has 3 rings (SSSR count). The maximum absolute atomic E-state index is 12.5. The Morgan fingerprint density at radius 2 is 1.92 bits per heavy atom. The number of hydrogen-bond donors (Lipinski definition) is 0. The average Bonchev–Trinajstić information content (AvgIpc) is 2.53. The van der Waals surface area contributed by atoms with Gasteiger partial charge in [0.2, 0.25) is 0 Å². The minimum absolute atomic E-state index is 0.191. The third-order valence-corrected chi connectivity index (χ3v) is 5.43. The number of carbonyl (C=O) groups excluding carboxylic acids is 1. The lowest BCUT2D eigenvalue weighted by atomic mass is 9.72. The Labute approximate surface area is 151 Å². The van der Waals surface area contributed by atoms with Gasteiger partial charge in [-0.25, -0.2) is 4.79 Å². The largest absolute Gasteiger partial charge is 0.437 e. The van der Waals surface area contributed by atoms with Crippen LogP contribution in [0.25, 0.3) is 0 Å². The van der Waals surface area contributed by atoms with E-state index in [9.17, 15) is 18.0 Å². The van der Waals surface area contributed by atoms with E-state index >= 15 is 0 Å². The molecule has 0 saturated carbocycles. The van der Waals surface area contributed by atoms with Crippen LogP contribution in [0.3, 0.4) is 0 Å². The van der Waals surface area contributed by atoms with E-state index in [-0.39, 0.29) is 5.41 Å². The molecular formula is C19H25F3N2O2. The maximum atomic E-state index is 12.5. The van der Waals surface area contributed by atoms with E-state index in [1.54, 1.807) is 0 Å². The van der Waals surface area contributed by atoms with Gasteiger partial charge in [-0.1, -0.05) is 29.8 Å². The molecule has 1 unspecified atom stereocenters. The van der Waals surface area contributed by atoms with Crippen molar-refractivity contribution in [2.45, 2.75) is 45.5 Å². The molecule has 0 aliphatic carbocycles. The summed E-state index contributed by atoms with van der Waals surface area (Å²) in [6.45, 7) is 6.72. The topological polar surface area (TPSA) is 32.8 Å². The Hall–Kier alpha value is -1.76. The molecule has 1 amide bonds. The van der Waals surface area contributed by atoms with Crippen molar-refractivity contribution < 1.29 is 22.7 Å². The van der Waals surface area contributed by atoms with Crippen LogP contribution in [0.5, 0.6) is 0 Å². The molecule has 0 aromatic heterocycles. The highest BCUT2D eigenvalue weighted by atomic mass is 19.4. The molecule has 2 aliphatic rings. The highest BCUT2D eigenvalue weighted by Gasteiger charge is 2.46. The fourth-order valence-corrected chi connectivity index (χ4v) is 3.86. The molecule has 1 spiro atoms. The number of carbonyl (C=O) groups is 1. The molecular weight excluding hydrogens is 345 g/mol. The van der Waals surface area contributed by atoms with Gasteiger partial charge in [-0.3, -0.25) is 4.90 Å². The quantitative estimate of drug-likeness (QED) is 0.807. The Bertz CT molecular complexity index is 646. The van der Waals surface area contributed by atoms with Crippen molar-refractivity contribution in [2.75, 3.05) is 26.2 Å². The number of likely N-dealkylation sites (tertiary alicyclic amines) is 2. The molecule has 0 radical (unpaired) electrons. The van der Waals surface area contributed by atoms with E-state index < -0.39 is 18.4 Å².